The van der Waals surface area contributed by atoms with Gasteiger partial charge in [0.1, 0.15) is 6.10 Å². The van der Waals surface area contributed by atoms with Gasteiger partial charge in [-0.15, -0.1) is 0 Å². The van der Waals surface area contributed by atoms with E-state index in [9.17, 15) is 8.42 Å². The molecule has 1 aromatic carbocycles. The van der Waals surface area contributed by atoms with Gasteiger partial charge < -0.3 is 9.47 Å². The third-order valence-electron chi connectivity index (χ3n) is 4.63. The van der Waals surface area contributed by atoms with E-state index >= 15 is 0 Å². The van der Waals surface area contributed by atoms with Crippen LogP contribution in [0.2, 0.25) is 0 Å². The maximum Gasteiger partial charge on any atom is 0.278 e. The van der Waals surface area contributed by atoms with Crippen molar-refractivity contribution in [2.75, 3.05) is 7.11 Å². The molecule has 150 valence electrons. The summed E-state index contributed by atoms with van der Waals surface area (Å²) in [4.78, 5) is 8.22. The molecule has 1 N–H and O–H groups in total. The topological polar surface area (TPSA) is 90.4 Å². The first-order chi connectivity index (χ1) is 13.4. The second kappa shape index (κ2) is 9.16. The van der Waals surface area contributed by atoms with Crippen molar-refractivity contribution in [2.45, 2.75) is 44.8 Å². The van der Waals surface area contributed by atoms with Crippen molar-refractivity contribution in [2.24, 2.45) is 0 Å². The number of rotatable bonds is 7. The normalized spacial score (nSPS) is 20.2. The molecule has 7 nitrogen and oxygen atoms in total. The van der Waals surface area contributed by atoms with E-state index in [0.29, 0.717) is 24.6 Å². The number of benzene rings is 1. The maximum atomic E-state index is 12.3. The molecule has 0 spiro atoms. The Morgan fingerprint density at radius 2 is 1.68 bits per heavy atom. The molecule has 0 bridgehead atoms. The maximum absolute atomic E-state index is 12.3. The molecule has 28 heavy (non-hydrogen) atoms. The second-order valence-corrected chi connectivity index (χ2v) is 8.44. The summed E-state index contributed by atoms with van der Waals surface area (Å²) in [5.74, 6) is 0.724. The van der Waals surface area contributed by atoms with Crippen LogP contribution in [0.1, 0.15) is 36.8 Å². The average molecular weight is 404 g/mol. The molecule has 1 heterocycles. The lowest BCUT2D eigenvalue weighted by Crippen LogP contribution is -2.38. The molecule has 1 saturated carbocycles. The zero-order chi connectivity index (χ0) is 20.0. The highest BCUT2D eigenvalue weighted by Gasteiger charge is 2.26. The van der Waals surface area contributed by atoms with Crippen LogP contribution < -0.4 is 14.2 Å². The van der Waals surface area contributed by atoms with E-state index in [0.717, 1.165) is 24.0 Å². The van der Waals surface area contributed by atoms with Crippen molar-refractivity contribution in [3.63, 3.8) is 0 Å². The van der Waals surface area contributed by atoms with Crippen LogP contribution >= 0.6 is 0 Å². The molecule has 1 aliphatic rings. The number of nitrogens with one attached hydrogen (secondary N) is 1. The molecular formula is C20H25N3O4S. The van der Waals surface area contributed by atoms with E-state index in [-0.39, 0.29) is 12.1 Å². The van der Waals surface area contributed by atoms with Gasteiger partial charge in [-0.3, -0.25) is 0 Å². The molecule has 1 aliphatic carbocycles. The highest BCUT2D eigenvalue weighted by atomic mass is 32.2. The van der Waals surface area contributed by atoms with Crippen molar-refractivity contribution in [1.82, 2.24) is 14.7 Å². The molecule has 3 rings (SSSR count). The molecule has 8 heteroatoms. The van der Waals surface area contributed by atoms with E-state index in [1.165, 1.54) is 12.5 Å². The number of nitrogens with zero attached hydrogens (tertiary/aromatic N) is 2. The lowest BCUT2D eigenvalue weighted by molar-refractivity contribution is 0.132. The van der Waals surface area contributed by atoms with Gasteiger partial charge in [0, 0.05) is 23.8 Å². The van der Waals surface area contributed by atoms with Gasteiger partial charge in [-0.1, -0.05) is 29.8 Å². The van der Waals surface area contributed by atoms with Gasteiger partial charge in [-0.05, 0) is 44.2 Å². The fraction of sp³-hybridized carbons (Fsp3) is 0.400. The van der Waals surface area contributed by atoms with E-state index in [2.05, 4.69) is 14.7 Å². The Kier molecular flexibility index (Phi) is 6.64. The van der Waals surface area contributed by atoms with Gasteiger partial charge in [-0.2, -0.15) is 0 Å². The van der Waals surface area contributed by atoms with Crippen LogP contribution in [-0.2, 0) is 10.0 Å². The SMILES string of the molecule is COc1nccnc1OC1CCC(NS(=O)(=O)/C=C/c2ccc(C)cc2)CC1. The minimum Gasteiger partial charge on any atom is -0.477 e. The Hall–Kier alpha value is -2.45. The molecule has 1 aromatic heterocycles. The molecule has 1 fully saturated rings. The van der Waals surface area contributed by atoms with Crippen LogP contribution in [0.15, 0.2) is 42.1 Å². The fourth-order valence-electron chi connectivity index (χ4n) is 3.11. The predicted molar refractivity (Wildman–Crippen MR) is 108 cm³/mol. The number of aromatic nitrogens is 2. The Bertz CT molecular complexity index is 905. The quantitative estimate of drug-likeness (QED) is 0.764. The summed E-state index contributed by atoms with van der Waals surface area (Å²) in [6.45, 7) is 1.99. The summed E-state index contributed by atoms with van der Waals surface area (Å²) >= 11 is 0. The molecule has 0 unspecified atom stereocenters. The van der Waals surface area contributed by atoms with Gasteiger partial charge in [0.2, 0.25) is 10.0 Å². The number of aryl methyl sites for hydroxylation is 1. The van der Waals surface area contributed by atoms with Gasteiger partial charge in [-0.25, -0.2) is 23.1 Å². The molecule has 0 radical (unpaired) electrons. The summed E-state index contributed by atoms with van der Waals surface area (Å²) in [7, 11) is -1.97. The summed E-state index contributed by atoms with van der Waals surface area (Å²) in [6.07, 6.45) is 7.53. The summed E-state index contributed by atoms with van der Waals surface area (Å²) in [5.41, 5.74) is 1.99. The lowest BCUT2D eigenvalue weighted by atomic mass is 9.94. The van der Waals surface area contributed by atoms with Crippen LogP contribution in [0.5, 0.6) is 11.8 Å². The highest BCUT2D eigenvalue weighted by molar-refractivity contribution is 7.92. The van der Waals surface area contributed by atoms with Crippen molar-refractivity contribution < 1.29 is 17.9 Å². The molecule has 2 aromatic rings. The summed E-state index contributed by atoms with van der Waals surface area (Å²) in [5, 5.41) is 1.23. The standard InChI is InChI=1S/C20H25N3O4S/c1-15-3-5-16(6-4-15)11-14-28(24,25)23-17-7-9-18(10-8-17)27-20-19(26-2)21-12-13-22-20/h3-6,11-14,17-18,23H,7-10H2,1-2H3/b14-11+. The Balaban J connectivity index is 1.51. The molecule has 0 amide bonds. The van der Waals surface area contributed by atoms with Crippen molar-refractivity contribution in [3.8, 4) is 11.8 Å². The monoisotopic (exact) mass is 403 g/mol. The Labute approximate surface area is 165 Å². The smallest absolute Gasteiger partial charge is 0.278 e. The summed E-state index contributed by atoms with van der Waals surface area (Å²) in [6, 6.07) is 7.59. The number of ether oxygens (including phenoxy) is 2. The molecule has 0 aliphatic heterocycles. The zero-order valence-corrected chi connectivity index (χ0v) is 16.9. The third-order valence-corrected chi connectivity index (χ3v) is 5.78. The zero-order valence-electron chi connectivity index (χ0n) is 16.0. The number of sulfonamides is 1. The van der Waals surface area contributed by atoms with Crippen molar-refractivity contribution >= 4 is 16.1 Å². The summed E-state index contributed by atoms with van der Waals surface area (Å²) < 4.78 is 38.5. The lowest BCUT2D eigenvalue weighted by Gasteiger charge is -2.28. The van der Waals surface area contributed by atoms with E-state index in [4.69, 9.17) is 9.47 Å². The van der Waals surface area contributed by atoms with Gasteiger partial charge >= 0.3 is 0 Å². The first-order valence-corrected chi connectivity index (χ1v) is 10.8. The molecule has 0 atom stereocenters. The minimum absolute atomic E-state index is 0.0329. The Morgan fingerprint density at radius 3 is 2.32 bits per heavy atom. The van der Waals surface area contributed by atoms with Gasteiger partial charge in [0.25, 0.3) is 11.8 Å². The van der Waals surface area contributed by atoms with Crippen LogP contribution in [-0.4, -0.2) is 37.6 Å². The van der Waals surface area contributed by atoms with Crippen LogP contribution in [0.4, 0.5) is 0 Å². The predicted octanol–water partition coefficient (Wildman–Crippen LogP) is 3.07. The average Bonchev–Trinajstić information content (AvgIpc) is 2.69. The minimum atomic E-state index is -3.49. The van der Waals surface area contributed by atoms with Crippen LogP contribution in [0.3, 0.4) is 0 Å². The highest BCUT2D eigenvalue weighted by Crippen LogP contribution is 2.27. The van der Waals surface area contributed by atoms with E-state index in [1.807, 2.05) is 31.2 Å². The third kappa shape index (κ3) is 5.77. The van der Waals surface area contributed by atoms with Crippen molar-refractivity contribution in [3.05, 3.63) is 53.2 Å². The first kappa shape index (κ1) is 20.3. The van der Waals surface area contributed by atoms with Gasteiger partial charge in [0.15, 0.2) is 0 Å². The molecular weight excluding hydrogens is 378 g/mol. The second-order valence-electron chi connectivity index (χ2n) is 6.84. The van der Waals surface area contributed by atoms with E-state index < -0.39 is 10.0 Å². The first-order valence-electron chi connectivity index (χ1n) is 9.24. The number of hydrogen-bond donors (Lipinski definition) is 1. The van der Waals surface area contributed by atoms with Crippen LogP contribution in [0, 0.1) is 6.92 Å². The fourth-order valence-corrected chi connectivity index (χ4v) is 4.22. The largest absolute Gasteiger partial charge is 0.477 e. The van der Waals surface area contributed by atoms with E-state index in [1.54, 1.807) is 18.5 Å². The van der Waals surface area contributed by atoms with Crippen LogP contribution in [0.25, 0.3) is 6.08 Å². The number of methoxy groups -OCH3 is 1. The number of hydrogen-bond acceptors (Lipinski definition) is 6. The van der Waals surface area contributed by atoms with Gasteiger partial charge in [0.05, 0.1) is 7.11 Å². The molecule has 0 saturated heterocycles. The Morgan fingerprint density at radius 1 is 1.04 bits per heavy atom. The van der Waals surface area contributed by atoms with Crippen molar-refractivity contribution in [1.29, 1.82) is 0 Å².